The van der Waals surface area contributed by atoms with Crippen LogP contribution in [0.2, 0.25) is 10.0 Å². The van der Waals surface area contributed by atoms with Gasteiger partial charge in [-0.3, -0.25) is 0 Å². The minimum atomic E-state index is -0.126. The van der Waals surface area contributed by atoms with Crippen molar-refractivity contribution in [2.24, 2.45) is 0 Å². The van der Waals surface area contributed by atoms with Crippen molar-refractivity contribution in [1.29, 1.82) is 5.26 Å². The Kier molecular flexibility index (Phi) is 3.78. The number of rotatable bonds is 1. The molecule has 4 rings (SSSR count). The van der Waals surface area contributed by atoms with Crippen molar-refractivity contribution in [2.45, 2.75) is 12.6 Å². The summed E-state index contributed by atoms with van der Waals surface area (Å²) < 4.78 is 1.94. The number of hydrogen-bond acceptors (Lipinski definition) is 3. The zero-order valence-corrected chi connectivity index (χ0v) is 14.0. The SMILES string of the molecule is N#Cc1ncn2c1CNC(c1ccccc1Cl)c1cc(Cl)ccc1-2. The Labute approximate surface area is 149 Å². The van der Waals surface area contributed by atoms with Crippen LogP contribution in [0.1, 0.15) is 28.6 Å². The Morgan fingerprint density at radius 3 is 2.79 bits per heavy atom. The standard InChI is InChI=1S/C18H12Cl2N4/c19-11-5-6-16-13(7-11)18(12-3-1-2-4-14(12)20)22-9-17-15(8-21)23-10-24(16)17/h1-7,10,18,22H,9H2. The summed E-state index contributed by atoms with van der Waals surface area (Å²) in [6.45, 7) is 0.505. The molecule has 0 aliphatic carbocycles. The monoisotopic (exact) mass is 354 g/mol. The van der Waals surface area contributed by atoms with Crippen LogP contribution in [-0.2, 0) is 6.54 Å². The number of fused-ring (bicyclic) bond motifs is 3. The highest BCUT2D eigenvalue weighted by Crippen LogP contribution is 2.36. The lowest BCUT2D eigenvalue weighted by atomic mass is 9.97. The molecule has 1 N–H and O–H groups in total. The average molecular weight is 355 g/mol. The number of benzene rings is 2. The number of nitrogens with one attached hydrogen (secondary N) is 1. The highest BCUT2D eigenvalue weighted by molar-refractivity contribution is 6.31. The molecule has 0 saturated heterocycles. The van der Waals surface area contributed by atoms with Crippen LogP contribution in [0.4, 0.5) is 0 Å². The quantitative estimate of drug-likeness (QED) is 0.710. The Hall–Kier alpha value is -2.32. The second-order valence-electron chi connectivity index (χ2n) is 5.56. The van der Waals surface area contributed by atoms with E-state index in [2.05, 4.69) is 16.4 Å². The fourth-order valence-corrected chi connectivity index (χ4v) is 3.54. The van der Waals surface area contributed by atoms with Crippen LogP contribution in [0.3, 0.4) is 0 Å². The van der Waals surface area contributed by atoms with E-state index in [9.17, 15) is 5.26 Å². The molecule has 4 nitrogen and oxygen atoms in total. The predicted molar refractivity (Wildman–Crippen MR) is 93.4 cm³/mol. The molecule has 24 heavy (non-hydrogen) atoms. The molecule has 118 valence electrons. The summed E-state index contributed by atoms with van der Waals surface area (Å²) in [4.78, 5) is 4.20. The molecular weight excluding hydrogens is 343 g/mol. The summed E-state index contributed by atoms with van der Waals surface area (Å²) in [7, 11) is 0. The molecule has 2 aromatic carbocycles. The first-order valence-corrected chi connectivity index (χ1v) is 8.18. The summed E-state index contributed by atoms with van der Waals surface area (Å²) in [6, 6.07) is 15.5. The molecule has 0 radical (unpaired) electrons. The Bertz CT molecular complexity index is 971. The van der Waals surface area contributed by atoms with E-state index in [0.717, 1.165) is 22.5 Å². The maximum atomic E-state index is 9.30. The molecule has 3 aromatic rings. The zero-order valence-electron chi connectivity index (χ0n) is 12.5. The second kappa shape index (κ2) is 5.95. The van der Waals surface area contributed by atoms with Crippen LogP contribution < -0.4 is 5.32 Å². The molecule has 1 aliphatic heterocycles. The molecule has 1 aromatic heterocycles. The summed E-state index contributed by atoms with van der Waals surface area (Å²) in [5.41, 5.74) is 4.16. The lowest BCUT2D eigenvalue weighted by Gasteiger charge is -2.20. The minimum Gasteiger partial charge on any atom is -0.300 e. The third-order valence-corrected chi connectivity index (χ3v) is 4.80. The van der Waals surface area contributed by atoms with Gasteiger partial charge in [0.05, 0.1) is 17.4 Å². The van der Waals surface area contributed by atoms with Gasteiger partial charge in [-0.25, -0.2) is 4.98 Å². The lowest BCUT2D eigenvalue weighted by molar-refractivity contribution is 0.609. The largest absolute Gasteiger partial charge is 0.300 e. The van der Waals surface area contributed by atoms with E-state index in [0.29, 0.717) is 22.3 Å². The van der Waals surface area contributed by atoms with Crippen molar-refractivity contribution >= 4 is 23.2 Å². The van der Waals surface area contributed by atoms with Gasteiger partial charge in [-0.2, -0.15) is 5.26 Å². The summed E-state index contributed by atoms with van der Waals surface area (Å²) >= 11 is 12.7. The maximum absolute atomic E-state index is 9.30. The molecule has 0 bridgehead atoms. The summed E-state index contributed by atoms with van der Waals surface area (Å²) in [5.74, 6) is 0. The van der Waals surface area contributed by atoms with Crippen LogP contribution in [0.5, 0.6) is 0 Å². The average Bonchev–Trinajstić information content (AvgIpc) is 2.92. The fourth-order valence-electron chi connectivity index (χ4n) is 3.12. The van der Waals surface area contributed by atoms with Crippen LogP contribution >= 0.6 is 23.2 Å². The van der Waals surface area contributed by atoms with E-state index in [1.807, 2.05) is 47.0 Å². The fraction of sp³-hybridized carbons (Fsp3) is 0.111. The van der Waals surface area contributed by atoms with E-state index in [1.54, 1.807) is 6.33 Å². The first-order chi connectivity index (χ1) is 11.7. The van der Waals surface area contributed by atoms with E-state index < -0.39 is 0 Å². The minimum absolute atomic E-state index is 0.126. The number of imidazole rings is 1. The van der Waals surface area contributed by atoms with Gasteiger partial charge in [0.25, 0.3) is 0 Å². The molecule has 2 heterocycles. The van der Waals surface area contributed by atoms with Gasteiger partial charge in [0.2, 0.25) is 0 Å². The van der Waals surface area contributed by atoms with Crippen LogP contribution in [0.25, 0.3) is 5.69 Å². The van der Waals surface area contributed by atoms with E-state index in [4.69, 9.17) is 23.2 Å². The summed E-state index contributed by atoms with van der Waals surface area (Å²) in [6.07, 6.45) is 1.68. The number of nitrogens with zero attached hydrogens (tertiary/aromatic N) is 3. The van der Waals surface area contributed by atoms with Crippen molar-refractivity contribution in [3.8, 4) is 11.8 Å². The highest BCUT2D eigenvalue weighted by Gasteiger charge is 2.26. The third-order valence-electron chi connectivity index (χ3n) is 4.22. The van der Waals surface area contributed by atoms with Crippen molar-refractivity contribution in [3.05, 3.63) is 81.4 Å². The molecule has 6 heteroatoms. The van der Waals surface area contributed by atoms with Crippen LogP contribution in [0, 0.1) is 11.3 Å². The Morgan fingerprint density at radius 1 is 1.17 bits per heavy atom. The van der Waals surface area contributed by atoms with E-state index in [-0.39, 0.29) is 6.04 Å². The topological polar surface area (TPSA) is 53.6 Å². The first kappa shape index (κ1) is 15.2. The van der Waals surface area contributed by atoms with E-state index >= 15 is 0 Å². The number of hydrogen-bond donors (Lipinski definition) is 1. The maximum Gasteiger partial charge on any atom is 0.163 e. The summed E-state index contributed by atoms with van der Waals surface area (Å²) in [5, 5.41) is 14.1. The van der Waals surface area contributed by atoms with Crippen LogP contribution in [-0.4, -0.2) is 9.55 Å². The molecule has 0 saturated carbocycles. The van der Waals surface area contributed by atoms with Crippen LogP contribution in [0.15, 0.2) is 48.8 Å². The molecule has 0 fully saturated rings. The normalized spacial score (nSPS) is 16.0. The van der Waals surface area contributed by atoms with Gasteiger partial charge in [0.1, 0.15) is 12.4 Å². The van der Waals surface area contributed by atoms with Gasteiger partial charge in [-0.05, 0) is 35.4 Å². The van der Waals surface area contributed by atoms with Gasteiger partial charge < -0.3 is 9.88 Å². The molecule has 1 atom stereocenters. The van der Waals surface area contributed by atoms with Crippen molar-refractivity contribution in [3.63, 3.8) is 0 Å². The second-order valence-corrected chi connectivity index (χ2v) is 6.40. The lowest BCUT2D eigenvalue weighted by Crippen LogP contribution is -2.21. The predicted octanol–water partition coefficient (Wildman–Crippen LogP) is 4.24. The molecule has 0 spiro atoms. The van der Waals surface area contributed by atoms with Gasteiger partial charge >= 0.3 is 0 Å². The van der Waals surface area contributed by atoms with Gasteiger partial charge in [0, 0.05) is 16.6 Å². The molecular formula is C18H12Cl2N4. The number of aromatic nitrogens is 2. The first-order valence-electron chi connectivity index (χ1n) is 7.43. The Balaban J connectivity index is 1.96. The highest BCUT2D eigenvalue weighted by atomic mass is 35.5. The van der Waals surface area contributed by atoms with Crippen molar-refractivity contribution < 1.29 is 0 Å². The molecule has 1 aliphatic rings. The smallest absolute Gasteiger partial charge is 0.163 e. The number of nitriles is 1. The van der Waals surface area contributed by atoms with Crippen molar-refractivity contribution in [2.75, 3.05) is 0 Å². The van der Waals surface area contributed by atoms with Crippen molar-refractivity contribution in [1.82, 2.24) is 14.9 Å². The van der Waals surface area contributed by atoms with E-state index in [1.165, 1.54) is 0 Å². The third kappa shape index (κ3) is 2.38. The Morgan fingerprint density at radius 2 is 2.00 bits per heavy atom. The molecule has 0 amide bonds. The number of halogens is 2. The molecule has 1 unspecified atom stereocenters. The van der Waals surface area contributed by atoms with Gasteiger partial charge in [0.15, 0.2) is 5.69 Å². The zero-order chi connectivity index (χ0) is 16.7. The van der Waals surface area contributed by atoms with Gasteiger partial charge in [-0.1, -0.05) is 41.4 Å². The van der Waals surface area contributed by atoms with Gasteiger partial charge in [-0.15, -0.1) is 0 Å².